The monoisotopic (exact) mass is 358 g/mol. The minimum absolute atomic E-state index is 0. The highest BCUT2D eigenvalue weighted by molar-refractivity contribution is 6.07. The molecule has 5 nitrogen and oxygen atoms in total. The fraction of sp³-hybridized carbons (Fsp3) is 0.316. The highest BCUT2D eigenvalue weighted by Gasteiger charge is 2.39. The van der Waals surface area contributed by atoms with Gasteiger partial charge in [0.25, 0.3) is 0 Å². The molecule has 6 heteroatoms. The summed E-state index contributed by atoms with van der Waals surface area (Å²) in [6, 6.07) is 12.6. The van der Waals surface area contributed by atoms with Crippen molar-refractivity contribution in [3.8, 4) is 0 Å². The molecule has 0 spiro atoms. The Morgan fingerprint density at radius 1 is 0.960 bits per heavy atom. The van der Waals surface area contributed by atoms with Gasteiger partial charge < -0.3 is 20.9 Å². The average molecular weight is 359 g/mol. The molecule has 0 bridgehead atoms. The lowest BCUT2D eigenvalue weighted by Crippen LogP contribution is -2.26. The van der Waals surface area contributed by atoms with E-state index in [2.05, 4.69) is 51.2 Å². The SMILES string of the molecule is CN(C)c1ccc(C2Nc3cc4c(cc3N2)C(C)(C)C(=O)N4)cc1.Cl. The summed E-state index contributed by atoms with van der Waals surface area (Å²) in [5.41, 5.74) is 5.88. The van der Waals surface area contributed by atoms with Crippen molar-refractivity contribution < 1.29 is 4.79 Å². The third kappa shape index (κ3) is 2.68. The van der Waals surface area contributed by atoms with E-state index in [-0.39, 0.29) is 24.5 Å². The molecule has 0 fully saturated rings. The first-order chi connectivity index (χ1) is 11.4. The third-order valence-electron chi connectivity index (χ3n) is 4.99. The first kappa shape index (κ1) is 17.4. The number of hydrogen-bond donors (Lipinski definition) is 3. The first-order valence-corrected chi connectivity index (χ1v) is 8.16. The number of amides is 1. The number of benzene rings is 2. The van der Waals surface area contributed by atoms with E-state index < -0.39 is 5.41 Å². The first-order valence-electron chi connectivity index (χ1n) is 8.16. The standard InChI is InChI=1S/C19H22N4O.ClH/c1-19(2)13-9-15-16(10-14(13)22-18(19)24)21-17(20-15)11-5-7-12(8-6-11)23(3)4;/h5-10,17,20-21H,1-4H3,(H,22,24);1H. The number of rotatable bonds is 2. The molecule has 2 heterocycles. The summed E-state index contributed by atoms with van der Waals surface area (Å²) in [6.45, 7) is 3.92. The highest BCUT2D eigenvalue weighted by atomic mass is 35.5. The molecule has 2 aliphatic rings. The average Bonchev–Trinajstić information content (AvgIpc) is 3.05. The van der Waals surface area contributed by atoms with Gasteiger partial charge in [0.1, 0.15) is 6.17 Å². The number of anilines is 4. The lowest BCUT2D eigenvalue weighted by Gasteiger charge is -2.16. The van der Waals surface area contributed by atoms with Gasteiger partial charge in [-0.25, -0.2) is 0 Å². The summed E-state index contributed by atoms with van der Waals surface area (Å²) < 4.78 is 0. The van der Waals surface area contributed by atoms with E-state index in [0.717, 1.165) is 22.6 Å². The normalized spacial score (nSPS) is 19.0. The fourth-order valence-electron chi connectivity index (χ4n) is 3.34. The summed E-state index contributed by atoms with van der Waals surface area (Å²) in [6.07, 6.45) is 0.0394. The number of carbonyl (C=O) groups is 1. The number of halogens is 1. The second-order valence-electron chi connectivity index (χ2n) is 7.23. The lowest BCUT2D eigenvalue weighted by atomic mass is 9.86. The molecule has 132 valence electrons. The van der Waals surface area contributed by atoms with Crippen molar-refractivity contribution in [2.45, 2.75) is 25.4 Å². The van der Waals surface area contributed by atoms with Gasteiger partial charge in [0.15, 0.2) is 0 Å². The second kappa shape index (κ2) is 5.85. The van der Waals surface area contributed by atoms with Crippen molar-refractivity contribution in [3.05, 3.63) is 47.5 Å². The molecule has 2 aromatic carbocycles. The summed E-state index contributed by atoms with van der Waals surface area (Å²) in [5.74, 6) is 0.0528. The molecule has 2 aliphatic heterocycles. The maximum atomic E-state index is 12.1. The molecule has 25 heavy (non-hydrogen) atoms. The highest BCUT2D eigenvalue weighted by Crippen LogP contribution is 2.45. The van der Waals surface area contributed by atoms with Crippen molar-refractivity contribution in [2.75, 3.05) is 34.9 Å². The van der Waals surface area contributed by atoms with Crippen LogP contribution in [0.25, 0.3) is 0 Å². The minimum Gasteiger partial charge on any atom is -0.378 e. The van der Waals surface area contributed by atoms with Crippen LogP contribution in [0.5, 0.6) is 0 Å². The molecule has 4 rings (SSSR count). The summed E-state index contributed by atoms with van der Waals surface area (Å²) in [4.78, 5) is 14.2. The molecular weight excluding hydrogens is 336 g/mol. The predicted octanol–water partition coefficient (Wildman–Crippen LogP) is 3.94. The Labute approximate surface area is 154 Å². The number of hydrogen-bond acceptors (Lipinski definition) is 4. The topological polar surface area (TPSA) is 56.4 Å². The molecule has 0 saturated heterocycles. The van der Waals surface area contributed by atoms with Gasteiger partial charge in [-0.15, -0.1) is 12.4 Å². The summed E-state index contributed by atoms with van der Waals surface area (Å²) >= 11 is 0. The van der Waals surface area contributed by atoms with Gasteiger partial charge in [-0.2, -0.15) is 0 Å². The lowest BCUT2D eigenvalue weighted by molar-refractivity contribution is -0.119. The Morgan fingerprint density at radius 2 is 1.56 bits per heavy atom. The Balaban J connectivity index is 0.00000182. The van der Waals surface area contributed by atoms with Crippen molar-refractivity contribution in [1.82, 2.24) is 0 Å². The van der Waals surface area contributed by atoms with Crippen LogP contribution in [0.15, 0.2) is 36.4 Å². The van der Waals surface area contributed by atoms with Gasteiger partial charge in [0.2, 0.25) is 5.91 Å². The quantitative estimate of drug-likeness (QED) is 0.761. The molecule has 0 saturated carbocycles. The van der Waals surface area contributed by atoms with E-state index in [0.29, 0.717) is 0 Å². The second-order valence-corrected chi connectivity index (χ2v) is 7.23. The van der Waals surface area contributed by atoms with E-state index >= 15 is 0 Å². The largest absolute Gasteiger partial charge is 0.378 e. The van der Waals surface area contributed by atoms with Crippen molar-refractivity contribution in [1.29, 1.82) is 0 Å². The molecule has 2 aromatic rings. The van der Waals surface area contributed by atoms with Crippen LogP contribution in [0.4, 0.5) is 22.7 Å². The van der Waals surface area contributed by atoms with E-state index in [9.17, 15) is 4.79 Å². The molecule has 0 aromatic heterocycles. The predicted molar refractivity (Wildman–Crippen MR) is 106 cm³/mol. The maximum absolute atomic E-state index is 12.1. The van der Waals surface area contributed by atoms with Crippen LogP contribution in [0.2, 0.25) is 0 Å². The van der Waals surface area contributed by atoms with Crippen LogP contribution < -0.4 is 20.9 Å². The zero-order valence-corrected chi connectivity index (χ0v) is 15.6. The molecule has 0 aliphatic carbocycles. The van der Waals surface area contributed by atoms with Crippen LogP contribution in [-0.4, -0.2) is 20.0 Å². The zero-order chi connectivity index (χ0) is 17.1. The van der Waals surface area contributed by atoms with Crippen molar-refractivity contribution in [3.63, 3.8) is 0 Å². The fourth-order valence-corrected chi connectivity index (χ4v) is 3.34. The van der Waals surface area contributed by atoms with Crippen LogP contribution in [0.3, 0.4) is 0 Å². The zero-order valence-electron chi connectivity index (χ0n) is 14.8. The van der Waals surface area contributed by atoms with E-state index in [4.69, 9.17) is 0 Å². The minimum atomic E-state index is -0.489. The molecule has 3 N–H and O–H groups in total. The third-order valence-corrected chi connectivity index (χ3v) is 4.99. The number of nitrogens with one attached hydrogen (secondary N) is 3. The Bertz CT molecular complexity index is 830. The van der Waals surface area contributed by atoms with E-state index in [1.54, 1.807) is 0 Å². The van der Waals surface area contributed by atoms with E-state index in [1.807, 2.05) is 34.0 Å². The number of carbonyl (C=O) groups excluding carboxylic acids is 1. The molecular formula is C19H23ClN4O. The van der Waals surface area contributed by atoms with E-state index in [1.165, 1.54) is 11.3 Å². The maximum Gasteiger partial charge on any atom is 0.234 e. The van der Waals surface area contributed by atoms with Crippen LogP contribution in [0.1, 0.15) is 31.1 Å². The molecule has 1 amide bonds. The van der Waals surface area contributed by atoms with Crippen LogP contribution in [0, 0.1) is 0 Å². The van der Waals surface area contributed by atoms with Crippen molar-refractivity contribution >= 4 is 41.1 Å². The Hall–Kier alpha value is -2.40. The van der Waals surface area contributed by atoms with Gasteiger partial charge in [-0.3, -0.25) is 4.79 Å². The van der Waals surface area contributed by atoms with Gasteiger partial charge in [-0.1, -0.05) is 12.1 Å². The number of nitrogens with zero attached hydrogens (tertiary/aromatic N) is 1. The van der Waals surface area contributed by atoms with Crippen molar-refractivity contribution in [2.24, 2.45) is 0 Å². The van der Waals surface area contributed by atoms with Gasteiger partial charge in [0, 0.05) is 25.5 Å². The summed E-state index contributed by atoms with van der Waals surface area (Å²) in [7, 11) is 4.07. The molecule has 1 unspecified atom stereocenters. The Kier molecular flexibility index (Phi) is 4.07. The van der Waals surface area contributed by atoms with Gasteiger partial charge in [-0.05, 0) is 49.2 Å². The molecule has 0 radical (unpaired) electrons. The van der Waals surface area contributed by atoms with Crippen LogP contribution >= 0.6 is 12.4 Å². The Morgan fingerprint density at radius 3 is 2.16 bits per heavy atom. The van der Waals surface area contributed by atoms with Crippen LogP contribution in [-0.2, 0) is 10.2 Å². The van der Waals surface area contributed by atoms with Gasteiger partial charge >= 0.3 is 0 Å². The van der Waals surface area contributed by atoms with Gasteiger partial charge in [0.05, 0.1) is 16.8 Å². The summed E-state index contributed by atoms with van der Waals surface area (Å²) in [5, 5.41) is 9.99. The number of fused-ring (bicyclic) bond motifs is 2. The smallest absolute Gasteiger partial charge is 0.234 e. The molecule has 1 atom stereocenters.